The number of nitrogens with one attached hydrogen (secondary N) is 2. The second-order valence-electron chi connectivity index (χ2n) is 4.00. The van der Waals surface area contributed by atoms with Gasteiger partial charge in [0.2, 0.25) is 0 Å². The topological polar surface area (TPSA) is 37.2 Å². The van der Waals surface area contributed by atoms with E-state index in [1.807, 2.05) is 12.1 Å². The van der Waals surface area contributed by atoms with E-state index in [9.17, 15) is 0 Å². The number of hydrogen-bond acceptors (Lipinski definition) is 3. The molecule has 1 aromatic rings. The molecule has 2 atom stereocenters. The van der Waals surface area contributed by atoms with Crippen LogP contribution in [0.1, 0.15) is 25.1 Å². The highest BCUT2D eigenvalue weighted by Crippen LogP contribution is 2.13. The van der Waals surface area contributed by atoms with E-state index in [4.69, 9.17) is 4.42 Å². The predicted molar refractivity (Wildman–Crippen MR) is 56.1 cm³/mol. The lowest BCUT2D eigenvalue weighted by atomic mass is 10.1. The van der Waals surface area contributed by atoms with Gasteiger partial charge in [-0.15, -0.1) is 0 Å². The zero-order chi connectivity index (χ0) is 9.80. The molecule has 1 aliphatic heterocycles. The van der Waals surface area contributed by atoms with Crippen LogP contribution in [0, 0.1) is 5.92 Å². The van der Waals surface area contributed by atoms with Gasteiger partial charge >= 0.3 is 0 Å². The van der Waals surface area contributed by atoms with Crippen LogP contribution in [0.2, 0.25) is 0 Å². The molecule has 14 heavy (non-hydrogen) atoms. The average molecular weight is 194 g/mol. The molecule has 2 heterocycles. The van der Waals surface area contributed by atoms with E-state index >= 15 is 0 Å². The minimum Gasteiger partial charge on any atom is -0.468 e. The Labute approximate surface area is 84.9 Å². The van der Waals surface area contributed by atoms with Gasteiger partial charge in [0.05, 0.1) is 12.3 Å². The molecular weight excluding hydrogens is 176 g/mol. The van der Waals surface area contributed by atoms with E-state index in [2.05, 4.69) is 17.6 Å². The third kappa shape index (κ3) is 2.36. The maximum absolute atomic E-state index is 5.33. The summed E-state index contributed by atoms with van der Waals surface area (Å²) in [5.74, 6) is 1.81. The summed E-state index contributed by atoms with van der Waals surface area (Å²) in [5.41, 5.74) is 0. The van der Waals surface area contributed by atoms with Crippen molar-refractivity contribution in [1.29, 1.82) is 0 Å². The lowest BCUT2D eigenvalue weighted by Gasteiger charge is -2.14. The Morgan fingerprint density at radius 3 is 3.29 bits per heavy atom. The molecule has 1 aliphatic rings. The van der Waals surface area contributed by atoms with Crippen molar-refractivity contribution >= 4 is 0 Å². The molecule has 1 fully saturated rings. The van der Waals surface area contributed by atoms with Gasteiger partial charge in [0.1, 0.15) is 5.76 Å². The maximum Gasteiger partial charge on any atom is 0.120 e. The minimum atomic E-state index is 0.325. The van der Waals surface area contributed by atoms with Crippen LogP contribution >= 0.6 is 0 Å². The normalized spacial score (nSPS) is 23.9. The Morgan fingerprint density at radius 2 is 2.64 bits per heavy atom. The summed E-state index contributed by atoms with van der Waals surface area (Å²) in [6.07, 6.45) is 3.02. The molecule has 0 bridgehead atoms. The van der Waals surface area contributed by atoms with Gasteiger partial charge in [-0.2, -0.15) is 0 Å². The summed E-state index contributed by atoms with van der Waals surface area (Å²) >= 11 is 0. The molecule has 1 saturated heterocycles. The summed E-state index contributed by atoms with van der Waals surface area (Å²) in [5, 5.41) is 6.86. The average Bonchev–Trinajstić information content (AvgIpc) is 2.87. The number of hydrogen-bond donors (Lipinski definition) is 2. The molecule has 0 radical (unpaired) electrons. The van der Waals surface area contributed by atoms with E-state index in [-0.39, 0.29) is 0 Å². The summed E-state index contributed by atoms with van der Waals surface area (Å²) in [4.78, 5) is 0. The van der Waals surface area contributed by atoms with Crippen molar-refractivity contribution in [1.82, 2.24) is 10.6 Å². The van der Waals surface area contributed by atoms with E-state index < -0.39 is 0 Å². The van der Waals surface area contributed by atoms with Crippen LogP contribution in [-0.4, -0.2) is 19.6 Å². The van der Waals surface area contributed by atoms with E-state index in [0.717, 1.165) is 24.8 Å². The molecule has 3 heteroatoms. The number of rotatable bonds is 4. The van der Waals surface area contributed by atoms with E-state index in [0.29, 0.717) is 6.04 Å². The monoisotopic (exact) mass is 194 g/mol. The molecular formula is C11H18N2O. The van der Waals surface area contributed by atoms with Gasteiger partial charge in [0, 0.05) is 0 Å². The van der Waals surface area contributed by atoms with Gasteiger partial charge in [-0.25, -0.2) is 0 Å². The van der Waals surface area contributed by atoms with E-state index in [1.165, 1.54) is 13.0 Å². The molecule has 0 saturated carbocycles. The van der Waals surface area contributed by atoms with Crippen LogP contribution < -0.4 is 10.6 Å². The molecule has 3 nitrogen and oxygen atoms in total. The molecule has 0 unspecified atom stereocenters. The van der Waals surface area contributed by atoms with Crippen LogP contribution in [-0.2, 0) is 0 Å². The van der Waals surface area contributed by atoms with Gasteiger partial charge in [-0.05, 0) is 51.0 Å². The quantitative estimate of drug-likeness (QED) is 0.763. The second-order valence-corrected chi connectivity index (χ2v) is 4.00. The van der Waals surface area contributed by atoms with Crippen LogP contribution in [0.25, 0.3) is 0 Å². The Morgan fingerprint density at radius 1 is 1.71 bits per heavy atom. The highest BCUT2D eigenvalue weighted by molar-refractivity contribution is 5.02. The van der Waals surface area contributed by atoms with Gasteiger partial charge in [0.25, 0.3) is 0 Å². The molecule has 0 aromatic carbocycles. The third-order valence-corrected chi connectivity index (χ3v) is 2.85. The van der Waals surface area contributed by atoms with Crippen LogP contribution in [0.3, 0.4) is 0 Å². The molecule has 1 aromatic heterocycles. The zero-order valence-electron chi connectivity index (χ0n) is 8.62. The van der Waals surface area contributed by atoms with Gasteiger partial charge in [-0.1, -0.05) is 0 Å². The summed E-state index contributed by atoms with van der Waals surface area (Å²) in [7, 11) is 0. The van der Waals surface area contributed by atoms with E-state index in [1.54, 1.807) is 6.26 Å². The van der Waals surface area contributed by atoms with Crippen LogP contribution in [0.15, 0.2) is 22.8 Å². The summed E-state index contributed by atoms with van der Waals surface area (Å²) < 4.78 is 5.33. The summed E-state index contributed by atoms with van der Waals surface area (Å²) in [6, 6.07) is 4.28. The Kier molecular flexibility index (Phi) is 3.22. The van der Waals surface area contributed by atoms with Gasteiger partial charge in [0.15, 0.2) is 0 Å². The first-order valence-electron chi connectivity index (χ1n) is 5.34. The van der Waals surface area contributed by atoms with Crippen molar-refractivity contribution in [2.45, 2.75) is 19.4 Å². The Balaban J connectivity index is 1.74. The first-order valence-corrected chi connectivity index (χ1v) is 5.34. The third-order valence-electron chi connectivity index (χ3n) is 2.85. The molecule has 2 rings (SSSR count). The molecule has 0 spiro atoms. The van der Waals surface area contributed by atoms with Crippen LogP contribution in [0.5, 0.6) is 0 Å². The SMILES string of the molecule is C[C@H](NC[C@H]1CCNC1)c1ccco1. The van der Waals surface area contributed by atoms with Crippen molar-refractivity contribution in [2.75, 3.05) is 19.6 Å². The minimum absolute atomic E-state index is 0.325. The van der Waals surface area contributed by atoms with Crippen molar-refractivity contribution in [3.05, 3.63) is 24.2 Å². The Bertz CT molecular complexity index is 252. The van der Waals surface area contributed by atoms with Crippen molar-refractivity contribution in [3.63, 3.8) is 0 Å². The van der Waals surface area contributed by atoms with Crippen molar-refractivity contribution < 1.29 is 4.42 Å². The molecule has 2 N–H and O–H groups in total. The second kappa shape index (κ2) is 4.62. The van der Waals surface area contributed by atoms with Crippen molar-refractivity contribution in [3.8, 4) is 0 Å². The summed E-state index contributed by atoms with van der Waals surface area (Å²) in [6.45, 7) is 5.54. The molecule has 0 aliphatic carbocycles. The largest absolute Gasteiger partial charge is 0.468 e. The fraction of sp³-hybridized carbons (Fsp3) is 0.636. The highest BCUT2D eigenvalue weighted by Gasteiger charge is 2.15. The highest BCUT2D eigenvalue weighted by atomic mass is 16.3. The zero-order valence-corrected chi connectivity index (χ0v) is 8.62. The predicted octanol–water partition coefficient (Wildman–Crippen LogP) is 1.54. The lowest BCUT2D eigenvalue weighted by molar-refractivity contribution is 0.403. The molecule has 0 amide bonds. The molecule has 78 valence electrons. The van der Waals surface area contributed by atoms with Gasteiger partial charge < -0.3 is 15.1 Å². The van der Waals surface area contributed by atoms with Gasteiger partial charge in [-0.3, -0.25) is 0 Å². The number of furan rings is 1. The van der Waals surface area contributed by atoms with Crippen LogP contribution in [0.4, 0.5) is 0 Å². The maximum atomic E-state index is 5.33. The first-order chi connectivity index (χ1) is 6.86. The fourth-order valence-electron chi connectivity index (χ4n) is 1.87. The smallest absolute Gasteiger partial charge is 0.120 e. The first kappa shape index (κ1) is 9.74. The lowest BCUT2D eigenvalue weighted by Crippen LogP contribution is -2.26. The standard InChI is InChI=1S/C11H18N2O/c1-9(11-3-2-6-14-11)13-8-10-4-5-12-7-10/h2-3,6,9-10,12-13H,4-5,7-8H2,1H3/t9-,10-/m0/s1. The Hall–Kier alpha value is -0.800. The fourth-order valence-corrected chi connectivity index (χ4v) is 1.87. The van der Waals surface area contributed by atoms with Crippen molar-refractivity contribution in [2.24, 2.45) is 5.92 Å².